The van der Waals surface area contributed by atoms with Crippen LogP contribution in [0.1, 0.15) is 26.3 Å². The highest BCUT2D eigenvalue weighted by Gasteiger charge is 2.21. The lowest BCUT2D eigenvalue weighted by Gasteiger charge is -2.22. The summed E-state index contributed by atoms with van der Waals surface area (Å²) in [5.74, 6) is 0.463. The molecule has 0 bridgehead atoms. The van der Waals surface area contributed by atoms with Gasteiger partial charge >= 0.3 is 0 Å². The maximum absolute atomic E-state index is 8.16. The summed E-state index contributed by atoms with van der Waals surface area (Å²) < 4.78 is 39.8. The molecule has 0 N–H and O–H groups in total. The molecule has 1 heterocycles. The molecule has 0 saturated heterocycles. The molecular weight excluding hydrogens is 258 g/mol. The number of nitrogens with zero attached hydrogens (tertiary/aromatic N) is 1. The van der Waals surface area contributed by atoms with Gasteiger partial charge in [-0.05, 0) is 29.2 Å². The second-order valence-electron chi connectivity index (χ2n) is 6.57. The van der Waals surface area contributed by atoms with Crippen LogP contribution in [0.4, 0.5) is 0 Å². The topological polar surface area (TPSA) is 12.9 Å². The Morgan fingerprint density at radius 1 is 1.15 bits per heavy atom. The Labute approximate surface area is 131 Å². The summed E-state index contributed by atoms with van der Waals surface area (Å²) in [5, 5.41) is 1.26. The quantitative estimate of drug-likeness (QED) is 0.755. The van der Waals surface area contributed by atoms with Crippen molar-refractivity contribution >= 4 is 13.3 Å². The smallest absolute Gasteiger partial charge is 0.0799 e. The Hall–Kier alpha value is -1.41. The fourth-order valence-electron chi connectivity index (χ4n) is 2.30. The van der Waals surface area contributed by atoms with Gasteiger partial charge in [-0.25, -0.2) is 0 Å². The molecule has 106 valence electrons. The fraction of sp³-hybridized carbons (Fsp3) is 0.389. The zero-order valence-electron chi connectivity index (χ0n) is 17.9. The van der Waals surface area contributed by atoms with Crippen LogP contribution in [-0.4, -0.2) is 13.1 Å². The number of hydrogen-bond acceptors (Lipinski definition) is 1. The summed E-state index contributed by atoms with van der Waals surface area (Å²) >= 11 is 0. The van der Waals surface area contributed by atoms with E-state index in [4.69, 9.17) is 6.85 Å². The Kier molecular flexibility index (Phi) is 2.82. The molecule has 0 aliphatic rings. The average Bonchev–Trinajstić information content (AvgIpc) is 2.49. The van der Waals surface area contributed by atoms with Crippen molar-refractivity contribution in [1.29, 1.82) is 0 Å². The van der Waals surface area contributed by atoms with Crippen LogP contribution in [0.5, 0.6) is 0 Å². The third-order valence-corrected chi connectivity index (χ3v) is 5.25. The lowest BCUT2D eigenvalue weighted by atomic mass is 10.0. The Morgan fingerprint density at radius 2 is 1.80 bits per heavy atom. The normalized spacial score (nSPS) is 15.4. The molecule has 0 aliphatic carbocycles. The molecular formula is C18H25NSi. The summed E-state index contributed by atoms with van der Waals surface area (Å²) in [5.41, 5.74) is 1.80. The molecule has 2 heteroatoms. The van der Waals surface area contributed by atoms with Crippen molar-refractivity contribution in [3.8, 4) is 11.3 Å². The average molecular weight is 289 g/mol. The van der Waals surface area contributed by atoms with Crippen LogP contribution < -0.4 is 5.19 Å². The van der Waals surface area contributed by atoms with E-state index in [0.29, 0.717) is 11.6 Å². The Bertz CT molecular complexity index is 783. The van der Waals surface area contributed by atoms with E-state index in [1.165, 1.54) is 10.8 Å². The highest BCUT2D eigenvalue weighted by atomic mass is 28.3. The molecule has 0 spiro atoms. The highest BCUT2D eigenvalue weighted by molar-refractivity contribution is 6.89. The van der Waals surface area contributed by atoms with Crippen molar-refractivity contribution in [3.63, 3.8) is 0 Å². The van der Waals surface area contributed by atoms with E-state index in [1.54, 1.807) is 0 Å². The van der Waals surface area contributed by atoms with Crippen LogP contribution in [0.25, 0.3) is 11.3 Å². The Balaban J connectivity index is 2.74. The first-order valence-electron chi connectivity index (χ1n) is 9.51. The summed E-state index contributed by atoms with van der Waals surface area (Å²) in [6.45, 7) is 11.1. The SMILES string of the molecule is [2H]c1c([2H])c([2H])c(-c2cc(CC(C)C)c([Si](C)(C)C)cn2)c([2H])c1[2H]. The molecule has 0 unspecified atom stereocenters. The number of aromatic nitrogens is 1. The predicted octanol–water partition coefficient (Wildman–Crippen LogP) is 4.49. The van der Waals surface area contributed by atoms with E-state index in [0.717, 1.165) is 6.42 Å². The van der Waals surface area contributed by atoms with E-state index in [2.05, 4.69) is 38.5 Å². The van der Waals surface area contributed by atoms with Gasteiger partial charge < -0.3 is 0 Å². The molecule has 0 amide bonds. The number of pyridine rings is 1. The first-order chi connectivity index (χ1) is 11.4. The van der Waals surface area contributed by atoms with Gasteiger partial charge in [0.15, 0.2) is 0 Å². The molecule has 1 aromatic carbocycles. The van der Waals surface area contributed by atoms with E-state index < -0.39 is 8.07 Å². The van der Waals surface area contributed by atoms with Gasteiger partial charge in [0.05, 0.1) is 20.6 Å². The third kappa shape index (κ3) is 3.57. The molecule has 20 heavy (non-hydrogen) atoms. The molecule has 1 nitrogen and oxygen atoms in total. The van der Waals surface area contributed by atoms with Gasteiger partial charge in [0, 0.05) is 11.8 Å². The van der Waals surface area contributed by atoms with Crippen LogP contribution in [0.2, 0.25) is 19.6 Å². The zero-order chi connectivity index (χ0) is 19.1. The second kappa shape index (κ2) is 5.92. The number of benzene rings is 1. The molecule has 1 aromatic heterocycles. The van der Waals surface area contributed by atoms with Gasteiger partial charge in [-0.1, -0.05) is 63.7 Å². The molecule has 0 radical (unpaired) electrons. The van der Waals surface area contributed by atoms with Crippen LogP contribution in [0.3, 0.4) is 0 Å². The Morgan fingerprint density at radius 3 is 2.35 bits per heavy atom. The van der Waals surface area contributed by atoms with Crippen molar-refractivity contribution in [2.24, 2.45) is 5.92 Å². The van der Waals surface area contributed by atoms with Gasteiger partial charge in [0.2, 0.25) is 0 Å². The van der Waals surface area contributed by atoms with Gasteiger partial charge in [-0.3, -0.25) is 4.98 Å². The minimum absolute atomic E-state index is 0.179. The summed E-state index contributed by atoms with van der Waals surface area (Å²) in [6.07, 6.45) is 2.73. The second-order valence-corrected chi connectivity index (χ2v) is 11.6. The van der Waals surface area contributed by atoms with Gasteiger partial charge in [-0.2, -0.15) is 0 Å². The highest BCUT2D eigenvalue weighted by Crippen LogP contribution is 2.20. The van der Waals surface area contributed by atoms with Crippen LogP contribution in [-0.2, 0) is 6.42 Å². The molecule has 0 fully saturated rings. The molecule has 0 aliphatic heterocycles. The van der Waals surface area contributed by atoms with E-state index in [9.17, 15) is 0 Å². The molecule has 0 saturated carbocycles. The third-order valence-electron chi connectivity index (χ3n) is 3.18. The van der Waals surface area contributed by atoms with Crippen molar-refractivity contribution in [2.45, 2.75) is 39.9 Å². The monoisotopic (exact) mass is 288 g/mol. The zero-order valence-corrected chi connectivity index (χ0v) is 13.9. The van der Waals surface area contributed by atoms with Crippen LogP contribution >= 0.6 is 0 Å². The van der Waals surface area contributed by atoms with Gasteiger partial charge in [0.25, 0.3) is 0 Å². The van der Waals surface area contributed by atoms with Crippen molar-refractivity contribution < 1.29 is 6.85 Å². The minimum atomic E-state index is -1.59. The first kappa shape index (κ1) is 9.51. The lowest BCUT2D eigenvalue weighted by molar-refractivity contribution is 0.649. The number of rotatable bonds is 4. The molecule has 0 atom stereocenters. The largest absolute Gasteiger partial charge is 0.256 e. The maximum atomic E-state index is 8.16. The van der Waals surface area contributed by atoms with E-state index in [1.807, 2.05) is 12.3 Å². The van der Waals surface area contributed by atoms with Gasteiger partial charge in [0.1, 0.15) is 0 Å². The van der Waals surface area contributed by atoms with Gasteiger partial charge in [-0.15, -0.1) is 0 Å². The standard InChI is InChI=1S/C18H25NSi/c1-14(2)11-16-12-17(15-9-7-6-8-10-15)19-13-18(16)20(3,4)5/h6-10,12-14H,11H2,1-5H3/i6D,7D,8D,9D,10D. The fourth-order valence-corrected chi connectivity index (χ4v) is 3.89. The molecule has 2 aromatic rings. The van der Waals surface area contributed by atoms with Crippen molar-refractivity contribution in [2.75, 3.05) is 0 Å². The summed E-state index contributed by atoms with van der Waals surface area (Å²) in [7, 11) is -1.59. The van der Waals surface area contributed by atoms with Crippen molar-refractivity contribution in [3.05, 3.63) is 48.0 Å². The lowest BCUT2D eigenvalue weighted by Crippen LogP contribution is -2.40. The molecule has 2 rings (SSSR count). The summed E-state index contributed by atoms with van der Waals surface area (Å²) in [4.78, 5) is 4.48. The summed E-state index contributed by atoms with van der Waals surface area (Å²) in [6, 6.07) is 0.501. The van der Waals surface area contributed by atoms with Crippen molar-refractivity contribution in [1.82, 2.24) is 4.98 Å². The van der Waals surface area contributed by atoms with Crippen LogP contribution in [0.15, 0.2) is 42.5 Å². The van der Waals surface area contributed by atoms with Crippen LogP contribution in [0, 0.1) is 5.92 Å². The van der Waals surface area contributed by atoms with E-state index in [-0.39, 0.29) is 35.8 Å². The maximum Gasteiger partial charge on any atom is 0.0799 e. The minimum Gasteiger partial charge on any atom is -0.256 e. The van der Waals surface area contributed by atoms with E-state index >= 15 is 0 Å². The number of hydrogen-bond donors (Lipinski definition) is 0. The first-order valence-corrected chi connectivity index (χ1v) is 10.5. The predicted molar refractivity (Wildman–Crippen MR) is 91.2 cm³/mol.